The first-order valence-corrected chi connectivity index (χ1v) is 7.91. The van der Waals surface area contributed by atoms with Crippen molar-refractivity contribution < 1.29 is 14.6 Å². The van der Waals surface area contributed by atoms with Crippen LogP contribution in [0.1, 0.15) is 11.1 Å². The van der Waals surface area contributed by atoms with Gasteiger partial charge in [-0.2, -0.15) is 0 Å². The van der Waals surface area contributed by atoms with Gasteiger partial charge in [0.25, 0.3) is 0 Å². The lowest BCUT2D eigenvalue weighted by Gasteiger charge is -2.11. The fraction of sp³-hybridized carbons (Fsp3) is 0.211. The van der Waals surface area contributed by atoms with Gasteiger partial charge in [0, 0.05) is 29.2 Å². The summed E-state index contributed by atoms with van der Waals surface area (Å²) in [6.45, 7) is 0.588. The highest BCUT2D eigenvalue weighted by molar-refractivity contribution is 5.88. The third-order valence-corrected chi connectivity index (χ3v) is 3.82. The predicted molar refractivity (Wildman–Crippen MR) is 92.9 cm³/mol. The van der Waals surface area contributed by atoms with Crippen LogP contribution in [-0.4, -0.2) is 29.2 Å². The molecule has 0 aliphatic heterocycles. The SMILES string of the molecule is O=C(Cc1c[nH]c2ccccc12)NCc1ccccc1OCCO. The molecule has 3 aromatic rings. The first kappa shape index (κ1) is 16.1. The Balaban J connectivity index is 1.62. The average Bonchev–Trinajstić information content (AvgIpc) is 3.02. The average molecular weight is 324 g/mol. The van der Waals surface area contributed by atoms with Crippen molar-refractivity contribution in [1.29, 1.82) is 0 Å². The molecule has 0 radical (unpaired) electrons. The molecule has 1 aromatic heterocycles. The lowest BCUT2D eigenvalue weighted by molar-refractivity contribution is -0.120. The standard InChI is InChI=1S/C19H20N2O3/c22-9-10-24-18-8-4-1-5-14(18)12-21-19(23)11-15-13-20-17-7-3-2-6-16(15)17/h1-8,13,20,22H,9-12H2,(H,21,23). The monoisotopic (exact) mass is 324 g/mol. The van der Waals surface area contributed by atoms with E-state index < -0.39 is 0 Å². The van der Waals surface area contributed by atoms with Crippen LogP contribution in [0.5, 0.6) is 5.75 Å². The van der Waals surface area contributed by atoms with Crippen molar-refractivity contribution in [3.63, 3.8) is 0 Å². The number of para-hydroxylation sites is 2. The highest BCUT2D eigenvalue weighted by Crippen LogP contribution is 2.19. The van der Waals surface area contributed by atoms with Crippen LogP contribution in [0.2, 0.25) is 0 Å². The number of ether oxygens (including phenoxy) is 1. The molecule has 0 atom stereocenters. The molecule has 0 aliphatic carbocycles. The van der Waals surface area contributed by atoms with E-state index in [0.717, 1.165) is 22.0 Å². The van der Waals surface area contributed by atoms with Gasteiger partial charge in [0.1, 0.15) is 12.4 Å². The van der Waals surface area contributed by atoms with E-state index in [2.05, 4.69) is 10.3 Å². The number of carbonyl (C=O) groups is 1. The van der Waals surface area contributed by atoms with Gasteiger partial charge in [-0.25, -0.2) is 0 Å². The van der Waals surface area contributed by atoms with Crippen molar-refractivity contribution in [2.75, 3.05) is 13.2 Å². The number of hydrogen-bond donors (Lipinski definition) is 3. The third kappa shape index (κ3) is 3.75. The summed E-state index contributed by atoms with van der Waals surface area (Å²) in [6, 6.07) is 15.4. The number of amides is 1. The maximum Gasteiger partial charge on any atom is 0.224 e. The molecule has 3 rings (SSSR count). The molecular weight excluding hydrogens is 304 g/mol. The highest BCUT2D eigenvalue weighted by Gasteiger charge is 2.09. The highest BCUT2D eigenvalue weighted by atomic mass is 16.5. The van der Waals surface area contributed by atoms with Crippen LogP contribution in [0.4, 0.5) is 0 Å². The molecule has 5 heteroatoms. The van der Waals surface area contributed by atoms with Gasteiger partial charge >= 0.3 is 0 Å². The third-order valence-electron chi connectivity index (χ3n) is 3.82. The second-order valence-corrected chi connectivity index (χ2v) is 5.49. The lowest BCUT2D eigenvalue weighted by atomic mass is 10.1. The minimum Gasteiger partial charge on any atom is -0.491 e. The Hall–Kier alpha value is -2.79. The molecule has 0 saturated carbocycles. The van der Waals surface area contributed by atoms with E-state index in [1.165, 1.54) is 0 Å². The van der Waals surface area contributed by atoms with Crippen LogP contribution in [0, 0.1) is 0 Å². The normalized spacial score (nSPS) is 10.7. The van der Waals surface area contributed by atoms with Crippen molar-refractivity contribution in [3.05, 3.63) is 65.9 Å². The van der Waals surface area contributed by atoms with Gasteiger partial charge in [0.2, 0.25) is 5.91 Å². The summed E-state index contributed by atoms with van der Waals surface area (Å²) in [6.07, 6.45) is 2.20. The maximum absolute atomic E-state index is 12.2. The van der Waals surface area contributed by atoms with E-state index in [0.29, 0.717) is 18.7 Å². The van der Waals surface area contributed by atoms with Gasteiger partial charge in [-0.1, -0.05) is 36.4 Å². The molecule has 0 saturated heterocycles. The fourth-order valence-corrected chi connectivity index (χ4v) is 2.65. The van der Waals surface area contributed by atoms with E-state index in [4.69, 9.17) is 9.84 Å². The Bertz CT molecular complexity index is 826. The summed E-state index contributed by atoms with van der Waals surface area (Å²) in [5, 5.41) is 12.9. The number of aromatic amines is 1. The maximum atomic E-state index is 12.2. The van der Waals surface area contributed by atoms with Crippen molar-refractivity contribution in [2.45, 2.75) is 13.0 Å². The Morgan fingerprint density at radius 1 is 1.08 bits per heavy atom. The second-order valence-electron chi connectivity index (χ2n) is 5.49. The molecule has 0 aliphatic rings. The Kier molecular flexibility index (Phi) is 5.13. The first-order chi connectivity index (χ1) is 11.8. The molecule has 0 unspecified atom stereocenters. The van der Waals surface area contributed by atoms with Crippen molar-refractivity contribution in [1.82, 2.24) is 10.3 Å². The first-order valence-electron chi connectivity index (χ1n) is 7.91. The number of nitrogens with one attached hydrogen (secondary N) is 2. The van der Waals surface area contributed by atoms with Gasteiger partial charge in [-0.3, -0.25) is 4.79 Å². The minimum absolute atomic E-state index is 0.0404. The second kappa shape index (κ2) is 7.66. The molecule has 3 N–H and O–H groups in total. The topological polar surface area (TPSA) is 74.4 Å². The van der Waals surface area contributed by atoms with Gasteiger partial charge in [-0.15, -0.1) is 0 Å². The Morgan fingerprint density at radius 2 is 1.88 bits per heavy atom. The van der Waals surface area contributed by atoms with E-state index in [1.54, 1.807) is 0 Å². The van der Waals surface area contributed by atoms with Crippen LogP contribution in [-0.2, 0) is 17.8 Å². The van der Waals surface area contributed by atoms with Crippen LogP contribution in [0.3, 0.4) is 0 Å². The molecule has 1 heterocycles. The largest absolute Gasteiger partial charge is 0.491 e. The zero-order chi connectivity index (χ0) is 16.8. The molecule has 5 nitrogen and oxygen atoms in total. The molecule has 24 heavy (non-hydrogen) atoms. The van der Waals surface area contributed by atoms with E-state index in [-0.39, 0.29) is 19.1 Å². The predicted octanol–water partition coefficient (Wildman–Crippen LogP) is 2.40. The summed E-state index contributed by atoms with van der Waals surface area (Å²) in [5.74, 6) is 0.635. The molecular formula is C19H20N2O3. The number of aromatic nitrogens is 1. The van der Waals surface area contributed by atoms with Gasteiger partial charge in [0.05, 0.1) is 13.0 Å². The zero-order valence-electron chi connectivity index (χ0n) is 13.3. The molecule has 0 spiro atoms. The number of hydrogen-bond acceptors (Lipinski definition) is 3. The summed E-state index contributed by atoms with van der Waals surface area (Å²) in [7, 11) is 0. The molecule has 0 fully saturated rings. The number of carbonyl (C=O) groups excluding carboxylic acids is 1. The summed E-state index contributed by atoms with van der Waals surface area (Å²) in [5.41, 5.74) is 2.90. The number of aliphatic hydroxyl groups is 1. The zero-order valence-corrected chi connectivity index (χ0v) is 13.3. The van der Waals surface area contributed by atoms with Crippen molar-refractivity contribution >= 4 is 16.8 Å². The Morgan fingerprint density at radius 3 is 2.75 bits per heavy atom. The van der Waals surface area contributed by atoms with Crippen molar-refractivity contribution in [2.24, 2.45) is 0 Å². The molecule has 0 bridgehead atoms. The van der Waals surface area contributed by atoms with Gasteiger partial charge < -0.3 is 20.1 Å². The van der Waals surface area contributed by atoms with Crippen LogP contribution >= 0.6 is 0 Å². The number of benzene rings is 2. The number of rotatable bonds is 7. The minimum atomic E-state index is -0.0447. The van der Waals surface area contributed by atoms with Crippen molar-refractivity contribution in [3.8, 4) is 5.75 Å². The summed E-state index contributed by atoms with van der Waals surface area (Å²) < 4.78 is 5.48. The van der Waals surface area contributed by atoms with Crippen LogP contribution in [0.25, 0.3) is 10.9 Å². The lowest BCUT2D eigenvalue weighted by Crippen LogP contribution is -2.24. The van der Waals surface area contributed by atoms with E-state index in [1.807, 2.05) is 54.7 Å². The summed E-state index contributed by atoms with van der Waals surface area (Å²) in [4.78, 5) is 15.4. The number of H-pyrrole nitrogens is 1. The number of fused-ring (bicyclic) bond motifs is 1. The fourth-order valence-electron chi connectivity index (χ4n) is 2.65. The van der Waals surface area contributed by atoms with Gasteiger partial charge in [-0.05, 0) is 17.7 Å². The van der Waals surface area contributed by atoms with Crippen LogP contribution in [0.15, 0.2) is 54.7 Å². The van der Waals surface area contributed by atoms with E-state index in [9.17, 15) is 4.79 Å². The van der Waals surface area contributed by atoms with E-state index >= 15 is 0 Å². The quantitative estimate of drug-likeness (QED) is 0.625. The molecule has 2 aromatic carbocycles. The smallest absolute Gasteiger partial charge is 0.224 e. The number of aliphatic hydroxyl groups excluding tert-OH is 1. The molecule has 124 valence electrons. The van der Waals surface area contributed by atoms with Crippen LogP contribution < -0.4 is 10.1 Å². The summed E-state index contributed by atoms with van der Waals surface area (Å²) >= 11 is 0. The van der Waals surface area contributed by atoms with Gasteiger partial charge in [0.15, 0.2) is 0 Å². The Labute approximate surface area is 140 Å². The molecule has 1 amide bonds.